The Bertz CT molecular complexity index is 956. The Labute approximate surface area is 161 Å². The van der Waals surface area contributed by atoms with Crippen LogP contribution in [0.25, 0.3) is 11.4 Å². The number of aromatic nitrogens is 4. The van der Waals surface area contributed by atoms with E-state index in [-0.39, 0.29) is 6.54 Å². The van der Waals surface area contributed by atoms with Crippen LogP contribution in [0.4, 0.5) is 0 Å². The molecule has 0 saturated heterocycles. The van der Waals surface area contributed by atoms with E-state index in [4.69, 9.17) is 16.3 Å². The minimum atomic E-state index is -0.742. The van der Waals surface area contributed by atoms with Crippen molar-refractivity contribution in [3.63, 3.8) is 0 Å². The van der Waals surface area contributed by atoms with Crippen LogP contribution in [0.3, 0.4) is 0 Å². The maximum atomic E-state index is 11.8. The summed E-state index contributed by atoms with van der Waals surface area (Å²) in [7, 11) is 0. The van der Waals surface area contributed by atoms with Crippen LogP contribution < -0.4 is 5.32 Å². The zero-order valence-corrected chi connectivity index (χ0v) is 15.2. The number of hydrogen-bond acceptors (Lipinski definition) is 8. The molecule has 9 nitrogen and oxygen atoms in total. The standard InChI is InChI=1S/C16H12ClN5O4S/c17-11-5-3-10(4-6-11)15-19-21-22(20-15)8-14(24)26-9-13(23)18-16(25)12-2-1-7-27-12/h1-7H,8-9H2,(H,18,23,25). The van der Waals surface area contributed by atoms with Gasteiger partial charge in [-0.05, 0) is 40.9 Å². The van der Waals surface area contributed by atoms with Crippen molar-refractivity contribution in [3.8, 4) is 11.4 Å². The fraction of sp³-hybridized carbons (Fsp3) is 0.125. The topological polar surface area (TPSA) is 116 Å². The van der Waals surface area contributed by atoms with Gasteiger partial charge in [-0.3, -0.25) is 14.9 Å². The summed E-state index contributed by atoms with van der Waals surface area (Å²) in [4.78, 5) is 36.6. The summed E-state index contributed by atoms with van der Waals surface area (Å²) in [5.74, 6) is -1.70. The highest BCUT2D eigenvalue weighted by atomic mass is 35.5. The molecule has 27 heavy (non-hydrogen) atoms. The molecule has 3 rings (SSSR count). The fourth-order valence-electron chi connectivity index (χ4n) is 1.96. The molecule has 0 aliphatic rings. The highest BCUT2D eigenvalue weighted by Gasteiger charge is 2.15. The van der Waals surface area contributed by atoms with Crippen molar-refractivity contribution < 1.29 is 19.1 Å². The zero-order chi connectivity index (χ0) is 19.2. The number of tetrazole rings is 1. The van der Waals surface area contributed by atoms with Gasteiger partial charge in [0.1, 0.15) is 0 Å². The van der Waals surface area contributed by atoms with Crippen molar-refractivity contribution in [2.75, 3.05) is 6.61 Å². The van der Waals surface area contributed by atoms with E-state index in [0.717, 1.165) is 4.80 Å². The molecule has 11 heteroatoms. The number of halogens is 1. The first-order valence-corrected chi connectivity index (χ1v) is 8.84. The molecule has 0 aliphatic heterocycles. The lowest BCUT2D eigenvalue weighted by atomic mass is 10.2. The molecular weight excluding hydrogens is 394 g/mol. The molecule has 0 spiro atoms. The van der Waals surface area contributed by atoms with Crippen LogP contribution in [-0.4, -0.2) is 44.6 Å². The molecule has 0 atom stereocenters. The average Bonchev–Trinajstić information content (AvgIpc) is 3.33. The van der Waals surface area contributed by atoms with Gasteiger partial charge in [-0.25, -0.2) is 4.79 Å². The summed E-state index contributed by atoms with van der Waals surface area (Å²) in [5, 5.41) is 16.1. The van der Waals surface area contributed by atoms with Gasteiger partial charge in [-0.1, -0.05) is 17.7 Å². The summed E-state index contributed by atoms with van der Waals surface area (Å²) in [6.07, 6.45) is 0. The molecular formula is C16H12ClN5O4S. The van der Waals surface area contributed by atoms with E-state index < -0.39 is 24.4 Å². The molecule has 0 unspecified atom stereocenters. The van der Waals surface area contributed by atoms with Gasteiger partial charge in [0.2, 0.25) is 5.82 Å². The Hall–Kier alpha value is -3.11. The number of nitrogens with zero attached hydrogens (tertiary/aromatic N) is 4. The van der Waals surface area contributed by atoms with E-state index in [1.54, 1.807) is 41.8 Å². The molecule has 0 radical (unpaired) electrons. The van der Waals surface area contributed by atoms with Crippen molar-refractivity contribution in [2.24, 2.45) is 0 Å². The van der Waals surface area contributed by atoms with E-state index in [1.807, 2.05) is 0 Å². The average molecular weight is 406 g/mol. The molecule has 0 aliphatic carbocycles. The van der Waals surface area contributed by atoms with E-state index in [9.17, 15) is 14.4 Å². The molecule has 2 aromatic heterocycles. The number of benzene rings is 1. The van der Waals surface area contributed by atoms with Crippen LogP contribution >= 0.6 is 22.9 Å². The second kappa shape index (κ2) is 8.52. The van der Waals surface area contributed by atoms with Gasteiger partial charge in [-0.2, -0.15) is 4.80 Å². The van der Waals surface area contributed by atoms with Crippen LogP contribution in [-0.2, 0) is 20.9 Å². The Morgan fingerprint density at radius 3 is 2.67 bits per heavy atom. The van der Waals surface area contributed by atoms with Gasteiger partial charge in [0.15, 0.2) is 13.2 Å². The molecule has 2 heterocycles. The number of esters is 1. The predicted octanol–water partition coefficient (Wildman–Crippen LogP) is 1.55. The number of carbonyl (C=O) groups excluding carboxylic acids is 3. The largest absolute Gasteiger partial charge is 0.454 e. The summed E-state index contributed by atoms with van der Waals surface area (Å²) in [6, 6.07) is 10.1. The SMILES string of the molecule is O=C(COC(=O)Cn1nnc(-c2ccc(Cl)cc2)n1)NC(=O)c1cccs1. The zero-order valence-electron chi connectivity index (χ0n) is 13.7. The number of amides is 2. The minimum Gasteiger partial charge on any atom is -0.454 e. The first-order chi connectivity index (χ1) is 13.0. The number of rotatable bonds is 6. The maximum Gasteiger partial charge on any atom is 0.330 e. The first-order valence-electron chi connectivity index (χ1n) is 7.58. The third-order valence-electron chi connectivity index (χ3n) is 3.19. The van der Waals surface area contributed by atoms with Gasteiger partial charge >= 0.3 is 5.97 Å². The van der Waals surface area contributed by atoms with Crippen molar-refractivity contribution in [1.29, 1.82) is 0 Å². The van der Waals surface area contributed by atoms with Gasteiger partial charge in [0.25, 0.3) is 11.8 Å². The monoisotopic (exact) mass is 405 g/mol. The van der Waals surface area contributed by atoms with Crippen LogP contribution in [0.1, 0.15) is 9.67 Å². The Morgan fingerprint density at radius 2 is 1.96 bits per heavy atom. The Balaban J connectivity index is 1.47. The molecule has 1 aromatic carbocycles. The first kappa shape index (κ1) is 18.7. The van der Waals surface area contributed by atoms with Crippen LogP contribution in [0, 0.1) is 0 Å². The number of carbonyl (C=O) groups is 3. The quantitative estimate of drug-likeness (QED) is 0.618. The summed E-state index contributed by atoms with van der Waals surface area (Å²) < 4.78 is 4.81. The highest BCUT2D eigenvalue weighted by molar-refractivity contribution is 7.12. The Morgan fingerprint density at radius 1 is 1.19 bits per heavy atom. The minimum absolute atomic E-state index is 0.318. The lowest BCUT2D eigenvalue weighted by Crippen LogP contribution is -2.34. The normalized spacial score (nSPS) is 10.4. The van der Waals surface area contributed by atoms with Gasteiger partial charge in [-0.15, -0.1) is 21.5 Å². The van der Waals surface area contributed by atoms with Crippen molar-refractivity contribution in [3.05, 3.63) is 51.7 Å². The summed E-state index contributed by atoms with van der Waals surface area (Å²) in [6.45, 7) is -0.915. The maximum absolute atomic E-state index is 11.8. The number of ether oxygens (including phenoxy) is 1. The number of thiophene rings is 1. The van der Waals surface area contributed by atoms with E-state index in [1.165, 1.54) is 11.3 Å². The lowest BCUT2D eigenvalue weighted by Gasteiger charge is -2.04. The lowest BCUT2D eigenvalue weighted by molar-refractivity contribution is -0.149. The fourth-order valence-corrected chi connectivity index (χ4v) is 2.71. The summed E-state index contributed by atoms with van der Waals surface area (Å²) in [5.41, 5.74) is 0.686. The van der Waals surface area contributed by atoms with Crippen LogP contribution in [0.5, 0.6) is 0 Å². The van der Waals surface area contributed by atoms with E-state index in [2.05, 4.69) is 20.7 Å². The number of imide groups is 1. The smallest absolute Gasteiger partial charge is 0.330 e. The highest BCUT2D eigenvalue weighted by Crippen LogP contribution is 2.16. The van der Waals surface area contributed by atoms with E-state index in [0.29, 0.717) is 21.3 Å². The van der Waals surface area contributed by atoms with Gasteiger partial charge in [0, 0.05) is 10.6 Å². The van der Waals surface area contributed by atoms with Crippen molar-refractivity contribution in [2.45, 2.75) is 6.54 Å². The molecule has 3 aromatic rings. The molecule has 2 amide bonds. The van der Waals surface area contributed by atoms with Crippen molar-refractivity contribution in [1.82, 2.24) is 25.5 Å². The summed E-state index contributed by atoms with van der Waals surface area (Å²) >= 11 is 7.01. The van der Waals surface area contributed by atoms with E-state index >= 15 is 0 Å². The second-order valence-corrected chi connectivity index (χ2v) is 6.55. The third-order valence-corrected chi connectivity index (χ3v) is 4.31. The molecule has 0 bridgehead atoms. The van der Waals surface area contributed by atoms with Gasteiger partial charge in [0.05, 0.1) is 4.88 Å². The van der Waals surface area contributed by atoms with Crippen LogP contribution in [0.15, 0.2) is 41.8 Å². The van der Waals surface area contributed by atoms with Crippen molar-refractivity contribution >= 4 is 40.7 Å². The predicted molar refractivity (Wildman–Crippen MR) is 96.0 cm³/mol. The van der Waals surface area contributed by atoms with Gasteiger partial charge < -0.3 is 4.74 Å². The molecule has 1 N–H and O–H groups in total. The second-order valence-electron chi connectivity index (χ2n) is 5.17. The number of hydrogen-bond donors (Lipinski definition) is 1. The molecule has 0 saturated carbocycles. The Kier molecular flexibility index (Phi) is 5.89. The molecule has 0 fully saturated rings. The van der Waals surface area contributed by atoms with Crippen LogP contribution in [0.2, 0.25) is 5.02 Å². The third kappa shape index (κ3) is 5.19. The number of nitrogens with one attached hydrogen (secondary N) is 1. The molecule has 138 valence electrons.